The second-order valence-corrected chi connectivity index (χ2v) is 4.95. The fourth-order valence-corrected chi connectivity index (χ4v) is 2.35. The fraction of sp³-hybridized carbons (Fsp3) is 0.312. The zero-order valence-electron chi connectivity index (χ0n) is 12.4. The lowest BCUT2D eigenvalue weighted by Crippen LogP contribution is -2.41. The van der Waals surface area contributed by atoms with Gasteiger partial charge in [-0.3, -0.25) is 14.3 Å². The summed E-state index contributed by atoms with van der Waals surface area (Å²) in [6.45, 7) is 2.00. The van der Waals surface area contributed by atoms with Gasteiger partial charge in [-0.05, 0) is 18.1 Å². The van der Waals surface area contributed by atoms with Crippen LogP contribution in [0.2, 0.25) is 0 Å². The Hall–Kier alpha value is -2.63. The van der Waals surface area contributed by atoms with Crippen molar-refractivity contribution in [2.24, 2.45) is 0 Å². The monoisotopic (exact) mass is 301 g/mol. The second-order valence-electron chi connectivity index (χ2n) is 4.95. The van der Waals surface area contributed by atoms with Gasteiger partial charge in [-0.1, -0.05) is 37.3 Å². The van der Waals surface area contributed by atoms with E-state index in [4.69, 9.17) is 5.11 Å². The summed E-state index contributed by atoms with van der Waals surface area (Å²) in [6.07, 6.45) is 4.00. The molecular weight excluding hydrogens is 282 g/mol. The molecule has 0 saturated heterocycles. The van der Waals surface area contributed by atoms with Crippen LogP contribution in [0.4, 0.5) is 0 Å². The molecule has 0 spiro atoms. The highest BCUT2D eigenvalue weighted by Crippen LogP contribution is 2.20. The predicted molar refractivity (Wildman–Crippen MR) is 81.3 cm³/mol. The molecule has 0 fully saturated rings. The Kier molecular flexibility index (Phi) is 5.30. The molecule has 1 amide bonds. The van der Waals surface area contributed by atoms with E-state index in [0.717, 1.165) is 5.56 Å². The van der Waals surface area contributed by atoms with Crippen molar-refractivity contribution in [2.75, 3.05) is 13.1 Å². The third-order valence-corrected chi connectivity index (χ3v) is 3.27. The van der Waals surface area contributed by atoms with E-state index in [1.54, 1.807) is 23.1 Å². The number of carboxylic acid groups (broad SMARTS) is 1. The number of amides is 1. The van der Waals surface area contributed by atoms with Gasteiger partial charge in [0.05, 0.1) is 0 Å². The lowest BCUT2D eigenvalue weighted by molar-refractivity contribution is -0.145. The summed E-state index contributed by atoms with van der Waals surface area (Å²) >= 11 is 0. The topological polar surface area (TPSA) is 75.4 Å². The molecule has 6 heteroatoms. The van der Waals surface area contributed by atoms with Crippen molar-refractivity contribution in [1.29, 1.82) is 0 Å². The van der Waals surface area contributed by atoms with Crippen molar-refractivity contribution in [3.8, 4) is 0 Å². The van der Waals surface area contributed by atoms with E-state index >= 15 is 0 Å². The van der Waals surface area contributed by atoms with Gasteiger partial charge in [-0.2, -0.15) is 5.10 Å². The van der Waals surface area contributed by atoms with Gasteiger partial charge in [-0.15, -0.1) is 0 Å². The van der Waals surface area contributed by atoms with Gasteiger partial charge in [0.1, 0.15) is 6.54 Å². The van der Waals surface area contributed by atoms with Gasteiger partial charge in [0.25, 0.3) is 5.91 Å². The summed E-state index contributed by atoms with van der Waals surface area (Å²) in [4.78, 5) is 25.3. The molecule has 22 heavy (non-hydrogen) atoms. The van der Waals surface area contributed by atoms with Gasteiger partial charge in [-0.25, -0.2) is 0 Å². The molecule has 1 atom stereocenters. The Morgan fingerprint density at radius 3 is 2.55 bits per heavy atom. The number of nitrogens with zero attached hydrogens (tertiary/aromatic N) is 3. The lowest BCUT2D eigenvalue weighted by atomic mass is 10.1. The molecule has 1 N–H and O–H groups in total. The Bertz CT molecular complexity index is 611. The van der Waals surface area contributed by atoms with Gasteiger partial charge < -0.3 is 10.0 Å². The van der Waals surface area contributed by atoms with E-state index in [-0.39, 0.29) is 12.5 Å². The highest BCUT2D eigenvalue weighted by atomic mass is 16.4. The standard InChI is InChI=1S/C16H19N3O3/c1-2-10-18(12-14(20)21)16(22)15(19-11-6-9-17-19)13-7-4-3-5-8-13/h3-9,11,15H,2,10,12H2,1H3,(H,20,21). The van der Waals surface area contributed by atoms with Crippen LogP contribution >= 0.6 is 0 Å². The number of carbonyl (C=O) groups excluding carboxylic acids is 1. The van der Waals surface area contributed by atoms with Gasteiger partial charge >= 0.3 is 5.97 Å². The van der Waals surface area contributed by atoms with Crippen molar-refractivity contribution < 1.29 is 14.7 Å². The molecular formula is C16H19N3O3. The summed E-state index contributed by atoms with van der Waals surface area (Å²) < 4.78 is 1.56. The minimum atomic E-state index is -1.02. The average molecular weight is 301 g/mol. The molecule has 0 aliphatic carbocycles. The number of rotatable bonds is 7. The molecule has 1 unspecified atom stereocenters. The molecule has 0 bridgehead atoms. The van der Waals surface area contributed by atoms with Gasteiger partial charge in [0.2, 0.25) is 0 Å². The van der Waals surface area contributed by atoms with E-state index in [1.807, 2.05) is 37.3 Å². The maximum absolute atomic E-state index is 12.9. The Balaban J connectivity index is 2.35. The van der Waals surface area contributed by atoms with E-state index in [1.165, 1.54) is 4.90 Å². The highest BCUT2D eigenvalue weighted by molar-refractivity contribution is 5.86. The quantitative estimate of drug-likeness (QED) is 0.846. The number of hydrogen-bond acceptors (Lipinski definition) is 3. The van der Waals surface area contributed by atoms with Crippen LogP contribution in [-0.4, -0.2) is 44.8 Å². The fourth-order valence-electron chi connectivity index (χ4n) is 2.35. The molecule has 1 heterocycles. The van der Waals surface area contributed by atoms with Crippen LogP contribution in [0.5, 0.6) is 0 Å². The molecule has 0 aliphatic heterocycles. The maximum atomic E-state index is 12.9. The zero-order valence-corrected chi connectivity index (χ0v) is 12.4. The molecule has 0 aliphatic rings. The summed E-state index contributed by atoms with van der Waals surface area (Å²) in [7, 11) is 0. The zero-order chi connectivity index (χ0) is 15.9. The number of benzene rings is 1. The van der Waals surface area contributed by atoms with Crippen LogP contribution in [0.3, 0.4) is 0 Å². The highest BCUT2D eigenvalue weighted by Gasteiger charge is 2.28. The van der Waals surface area contributed by atoms with E-state index in [0.29, 0.717) is 13.0 Å². The van der Waals surface area contributed by atoms with Gasteiger partial charge in [0.15, 0.2) is 6.04 Å². The van der Waals surface area contributed by atoms with Crippen LogP contribution < -0.4 is 0 Å². The molecule has 2 rings (SSSR count). The molecule has 1 aromatic carbocycles. The first-order valence-electron chi connectivity index (χ1n) is 7.18. The van der Waals surface area contributed by atoms with Crippen LogP contribution in [0.25, 0.3) is 0 Å². The summed E-state index contributed by atoms with van der Waals surface area (Å²) in [6, 6.07) is 10.3. The molecule has 2 aromatic rings. The lowest BCUT2D eigenvalue weighted by Gasteiger charge is -2.26. The second kappa shape index (κ2) is 7.40. The van der Waals surface area contributed by atoms with Crippen LogP contribution in [0.1, 0.15) is 24.9 Å². The molecule has 1 aromatic heterocycles. The minimum absolute atomic E-state index is 0.265. The average Bonchev–Trinajstić information content (AvgIpc) is 3.01. The van der Waals surface area contributed by atoms with E-state index < -0.39 is 12.0 Å². The summed E-state index contributed by atoms with van der Waals surface area (Å²) in [5, 5.41) is 13.2. The van der Waals surface area contributed by atoms with Gasteiger partial charge in [0, 0.05) is 18.9 Å². The number of aromatic nitrogens is 2. The largest absolute Gasteiger partial charge is 0.480 e. The number of carboxylic acids is 1. The third kappa shape index (κ3) is 3.72. The number of aliphatic carboxylic acids is 1. The molecule has 6 nitrogen and oxygen atoms in total. The van der Waals surface area contributed by atoms with E-state index in [2.05, 4.69) is 5.10 Å². The molecule has 0 saturated carbocycles. The Labute approximate surface area is 129 Å². The number of carbonyl (C=O) groups is 2. The minimum Gasteiger partial charge on any atom is -0.480 e. The SMILES string of the molecule is CCCN(CC(=O)O)C(=O)C(c1ccccc1)n1cccn1. The maximum Gasteiger partial charge on any atom is 0.323 e. The first kappa shape index (κ1) is 15.8. The molecule has 116 valence electrons. The van der Waals surface area contributed by atoms with Crippen LogP contribution in [0.15, 0.2) is 48.8 Å². The summed E-state index contributed by atoms with van der Waals surface area (Å²) in [5.74, 6) is -1.28. The number of hydrogen-bond donors (Lipinski definition) is 1. The summed E-state index contributed by atoms with van der Waals surface area (Å²) in [5.41, 5.74) is 0.780. The Morgan fingerprint density at radius 1 is 1.27 bits per heavy atom. The first-order chi connectivity index (χ1) is 10.6. The van der Waals surface area contributed by atoms with E-state index in [9.17, 15) is 9.59 Å². The van der Waals surface area contributed by atoms with Crippen molar-refractivity contribution in [2.45, 2.75) is 19.4 Å². The third-order valence-electron chi connectivity index (χ3n) is 3.27. The van der Waals surface area contributed by atoms with Crippen LogP contribution in [-0.2, 0) is 9.59 Å². The Morgan fingerprint density at radius 2 is 2.00 bits per heavy atom. The van der Waals surface area contributed by atoms with Crippen molar-refractivity contribution in [1.82, 2.24) is 14.7 Å². The smallest absolute Gasteiger partial charge is 0.323 e. The van der Waals surface area contributed by atoms with Crippen molar-refractivity contribution >= 4 is 11.9 Å². The van der Waals surface area contributed by atoms with Crippen molar-refractivity contribution in [3.05, 3.63) is 54.4 Å². The predicted octanol–water partition coefficient (Wildman–Crippen LogP) is 1.80. The molecule has 0 radical (unpaired) electrons. The first-order valence-corrected chi connectivity index (χ1v) is 7.18. The normalized spacial score (nSPS) is 11.9. The van der Waals surface area contributed by atoms with Crippen molar-refractivity contribution in [3.63, 3.8) is 0 Å². The van der Waals surface area contributed by atoms with Crippen LogP contribution in [0, 0.1) is 0 Å².